The Labute approximate surface area is 144 Å². The number of carbonyl (C=O) groups is 1. The lowest BCUT2D eigenvalue weighted by Crippen LogP contribution is -2.42. The number of nitrogens with one attached hydrogen (secondary N) is 1. The second-order valence-electron chi connectivity index (χ2n) is 5.58. The van der Waals surface area contributed by atoms with E-state index in [1.165, 1.54) is 6.21 Å². The van der Waals surface area contributed by atoms with Gasteiger partial charge in [0.1, 0.15) is 6.61 Å². The Morgan fingerprint density at radius 3 is 2.72 bits per heavy atom. The number of rotatable bonds is 3. The van der Waals surface area contributed by atoms with Crippen LogP contribution in [0.5, 0.6) is 11.5 Å². The summed E-state index contributed by atoms with van der Waals surface area (Å²) in [7, 11) is 0. The minimum absolute atomic E-state index is 0.138. The van der Waals surface area contributed by atoms with Crippen molar-refractivity contribution in [3.05, 3.63) is 66.5 Å². The van der Waals surface area contributed by atoms with Crippen LogP contribution in [0, 0.1) is 0 Å². The SMILES string of the molecule is O=C(NN=Cc1cccnc1)C1COc2cc3ccccc3cc2O1. The van der Waals surface area contributed by atoms with Crippen LogP contribution in [0.1, 0.15) is 5.56 Å². The first-order valence-electron chi connectivity index (χ1n) is 7.85. The maximum absolute atomic E-state index is 12.2. The molecule has 0 saturated heterocycles. The number of hydrogen-bond donors (Lipinski definition) is 1. The van der Waals surface area contributed by atoms with Gasteiger partial charge in [0, 0.05) is 18.0 Å². The number of carbonyl (C=O) groups excluding carboxylic acids is 1. The smallest absolute Gasteiger partial charge is 0.284 e. The third-order valence-electron chi connectivity index (χ3n) is 3.84. The minimum atomic E-state index is -0.750. The standard InChI is InChI=1S/C19H15N3O3/c23-19(22-21-11-13-4-3-7-20-10-13)18-12-24-16-8-14-5-1-2-6-15(14)9-17(16)25-18/h1-11,18H,12H2,(H,22,23). The molecule has 1 aliphatic rings. The van der Waals surface area contributed by atoms with Crippen molar-refractivity contribution in [3.8, 4) is 11.5 Å². The molecule has 1 unspecified atom stereocenters. The van der Waals surface area contributed by atoms with Crippen molar-refractivity contribution in [1.29, 1.82) is 0 Å². The van der Waals surface area contributed by atoms with Crippen LogP contribution in [-0.4, -0.2) is 29.8 Å². The van der Waals surface area contributed by atoms with E-state index in [-0.39, 0.29) is 12.5 Å². The number of ether oxygens (including phenoxy) is 2. The fraction of sp³-hybridized carbons (Fsp3) is 0.105. The fourth-order valence-corrected chi connectivity index (χ4v) is 2.58. The van der Waals surface area contributed by atoms with Crippen LogP contribution >= 0.6 is 0 Å². The first kappa shape index (κ1) is 15.1. The average Bonchev–Trinajstić information content (AvgIpc) is 2.66. The van der Waals surface area contributed by atoms with Crippen molar-refractivity contribution >= 4 is 22.9 Å². The van der Waals surface area contributed by atoms with Crippen molar-refractivity contribution < 1.29 is 14.3 Å². The molecule has 124 valence electrons. The van der Waals surface area contributed by atoms with Crippen LogP contribution in [0.15, 0.2) is 66.0 Å². The first-order valence-corrected chi connectivity index (χ1v) is 7.85. The van der Waals surface area contributed by atoms with Crippen molar-refractivity contribution in [3.63, 3.8) is 0 Å². The summed E-state index contributed by atoms with van der Waals surface area (Å²) in [6.45, 7) is 0.138. The van der Waals surface area contributed by atoms with Crippen molar-refractivity contribution in [2.24, 2.45) is 5.10 Å². The van der Waals surface area contributed by atoms with E-state index in [4.69, 9.17) is 9.47 Å². The maximum Gasteiger partial charge on any atom is 0.284 e. The summed E-state index contributed by atoms with van der Waals surface area (Å²) in [5.74, 6) is 0.835. The van der Waals surface area contributed by atoms with Gasteiger partial charge in [0.05, 0.1) is 6.21 Å². The summed E-state index contributed by atoms with van der Waals surface area (Å²) in [6, 6.07) is 15.3. The molecule has 6 heteroatoms. The molecule has 3 aromatic rings. The molecule has 6 nitrogen and oxygen atoms in total. The normalized spacial score (nSPS) is 16.1. The molecular formula is C19H15N3O3. The monoisotopic (exact) mass is 333 g/mol. The molecule has 0 saturated carbocycles. The number of pyridine rings is 1. The van der Waals surface area contributed by atoms with Gasteiger partial charge in [-0.2, -0.15) is 5.10 Å². The highest BCUT2D eigenvalue weighted by Crippen LogP contribution is 2.35. The lowest BCUT2D eigenvalue weighted by molar-refractivity contribution is -0.130. The molecule has 1 amide bonds. The van der Waals surface area contributed by atoms with Crippen molar-refractivity contribution in [2.45, 2.75) is 6.10 Å². The quantitative estimate of drug-likeness (QED) is 0.590. The van der Waals surface area contributed by atoms with Gasteiger partial charge in [0.2, 0.25) is 6.10 Å². The molecule has 0 fully saturated rings. The van der Waals surface area contributed by atoms with Crippen molar-refractivity contribution in [1.82, 2.24) is 10.4 Å². The number of benzene rings is 2. The van der Waals surface area contributed by atoms with Crippen LogP contribution in [0.4, 0.5) is 0 Å². The maximum atomic E-state index is 12.2. The average molecular weight is 333 g/mol. The van der Waals surface area contributed by atoms with Crippen LogP contribution in [0.25, 0.3) is 10.8 Å². The highest BCUT2D eigenvalue weighted by molar-refractivity contribution is 5.87. The van der Waals surface area contributed by atoms with E-state index in [0.717, 1.165) is 16.3 Å². The molecule has 1 aliphatic heterocycles. The van der Waals surface area contributed by atoms with Crippen LogP contribution in [0.2, 0.25) is 0 Å². The third kappa shape index (κ3) is 3.28. The molecule has 1 N–H and O–H groups in total. The molecule has 25 heavy (non-hydrogen) atoms. The van der Waals surface area contributed by atoms with E-state index in [1.807, 2.05) is 42.5 Å². The molecule has 1 atom stereocenters. The lowest BCUT2D eigenvalue weighted by atomic mass is 10.1. The predicted molar refractivity (Wildman–Crippen MR) is 93.8 cm³/mol. The Bertz CT molecular complexity index is 941. The van der Waals surface area contributed by atoms with Gasteiger partial charge in [0.15, 0.2) is 11.5 Å². The molecular weight excluding hydrogens is 318 g/mol. The molecule has 0 radical (unpaired) electrons. The summed E-state index contributed by atoms with van der Waals surface area (Å²) in [5, 5.41) is 6.01. The van der Waals surface area contributed by atoms with Gasteiger partial charge >= 0.3 is 0 Å². The number of aromatic nitrogens is 1. The zero-order valence-electron chi connectivity index (χ0n) is 13.3. The van der Waals surface area contributed by atoms with Crippen LogP contribution < -0.4 is 14.9 Å². The van der Waals surface area contributed by atoms with E-state index in [2.05, 4.69) is 15.5 Å². The van der Waals surface area contributed by atoms with Gasteiger partial charge in [-0.3, -0.25) is 9.78 Å². The van der Waals surface area contributed by atoms with Gasteiger partial charge in [0.25, 0.3) is 5.91 Å². The highest BCUT2D eigenvalue weighted by atomic mass is 16.6. The zero-order chi connectivity index (χ0) is 17.1. The summed E-state index contributed by atoms with van der Waals surface area (Å²) in [5.41, 5.74) is 3.26. The summed E-state index contributed by atoms with van der Waals surface area (Å²) >= 11 is 0. The molecule has 2 aromatic carbocycles. The topological polar surface area (TPSA) is 72.8 Å². The Kier molecular flexibility index (Phi) is 4.00. The van der Waals surface area contributed by atoms with Gasteiger partial charge in [-0.1, -0.05) is 30.3 Å². The Morgan fingerprint density at radius 2 is 1.96 bits per heavy atom. The van der Waals surface area contributed by atoms with Crippen LogP contribution in [0.3, 0.4) is 0 Å². The number of hydrogen-bond acceptors (Lipinski definition) is 5. The second kappa shape index (κ2) is 6.60. The minimum Gasteiger partial charge on any atom is -0.485 e. The van der Waals surface area contributed by atoms with E-state index in [1.54, 1.807) is 18.5 Å². The Hall–Kier alpha value is -3.41. The lowest BCUT2D eigenvalue weighted by Gasteiger charge is -2.25. The van der Waals surface area contributed by atoms with E-state index in [9.17, 15) is 4.79 Å². The van der Waals surface area contributed by atoms with E-state index >= 15 is 0 Å². The first-order chi connectivity index (χ1) is 12.3. The highest BCUT2D eigenvalue weighted by Gasteiger charge is 2.27. The summed E-state index contributed by atoms with van der Waals surface area (Å²) in [4.78, 5) is 16.2. The molecule has 1 aromatic heterocycles. The molecule has 0 bridgehead atoms. The second-order valence-corrected chi connectivity index (χ2v) is 5.58. The largest absolute Gasteiger partial charge is 0.485 e. The predicted octanol–water partition coefficient (Wildman–Crippen LogP) is 2.52. The fourth-order valence-electron chi connectivity index (χ4n) is 2.58. The summed E-state index contributed by atoms with van der Waals surface area (Å²) in [6.07, 6.45) is 4.09. The van der Waals surface area contributed by atoms with E-state index in [0.29, 0.717) is 11.5 Å². The molecule has 0 spiro atoms. The Morgan fingerprint density at radius 1 is 1.16 bits per heavy atom. The number of hydrazone groups is 1. The number of nitrogens with zero attached hydrogens (tertiary/aromatic N) is 2. The molecule has 2 heterocycles. The van der Waals surface area contributed by atoms with Gasteiger partial charge in [-0.25, -0.2) is 5.43 Å². The van der Waals surface area contributed by atoms with Crippen LogP contribution in [-0.2, 0) is 4.79 Å². The number of amides is 1. The van der Waals surface area contributed by atoms with Gasteiger partial charge in [-0.15, -0.1) is 0 Å². The molecule has 0 aliphatic carbocycles. The van der Waals surface area contributed by atoms with Crippen molar-refractivity contribution in [2.75, 3.05) is 6.61 Å². The number of fused-ring (bicyclic) bond motifs is 2. The van der Waals surface area contributed by atoms with Gasteiger partial charge < -0.3 is 9.47 Å². The zero-order valence-corrected chi connectivity index (χ0v) is 13.3. The molecule has 4 rings (SSSR count). The summed E-state index contributed by atoms with van der Waals surface area (Å²) < 4.78 is 11.5. The van der Waals surface area contributed by atoms with Gasteiger partial charge in [-0.05, 0) is 29.0 Å². The third-order valence-corrected chi connectivity index (χ3v) is 3.84. The Balaban J connectivity index is 1.45. The van der Waals surface area contributed by atoms with E-state index < -0.39 is 6.10 Å².